The fourth-order valence-electron chi connectivity index (χ4n) is 4.58. The van der Waals surface area contributed by atoms with E-state index in [-0.39, 0.29) is 35.8 Å². The summed E-state index contributed by atoms with van der Waals surface area (Å²) in [6.45, 7) is 5.11. The fraction of sp³-hybridized carbons (Fsp3) is 0.650. The van der Waals surface area contributed by atoms with Gasteiger partial charge in [0, 0.05) is 18.5 Å². The summed E-state index contributed by atoms with van der Waals surface area (Å²) in [5, 5.41) is 10.3. The largest absolute Gasteiger partial charge is 0.393 e. The third-order valence-corrected chi connectivity index (χ3v) is 5.70. The van der Waals surface area contributed by atoms with E-state index in [1.165, 1.54) is 0 Å². The number of nitrogens with zero attached hydrogens (tertiary/aromatic N) is 1. The number of rotatable bonds is 4. The van der Waals surface area contributed by atoms with E-state index in [0.717, 1.165) is 44.2 Å². The molecule has 2 fully saturated rings. The molecule has 1 saturated carbocycles. The maximum Gasteiger partial charge on any atom is 0.230 e. The molecule has 2 aliphatic rings. The Hall–Kier alpha value is -1.35. The first-order chi connectivity index (χ1) is 11.1. The predicted octanol–water partition coefficient (Wildman–Crippen LogP) is 3.58. The van der Waals surface area contributed by atoms with Gasteiger partial charge in [0.15, 0.2) is 0 Å². The Labute approximate surface area is 139 Å². The minimum atomic E-state index is -0.220. The molecule has 4 atom stereocenters. The van der Waals surface area contributed by atoms with Gasteiger partial charge in [-0.2, -0.15) is 0 Å². The van der Waals surface area contributed by atoms with Crippen LogP contribution < -0.4 is 0 Å². The topological polar surface area (TPSA) is 40.5 Å². The van der Waals surface area contributed by atoms with Crippen LogP contribution in [0.25, 0.3) is 0 Å². The van der Waals surface area contributed by atoms with Crippen LogP contribution in [-0.2, 0) is 4.79 Å². The molecular formula is C20H29NO2. The van der Waals surface area contributed by atoms with E-state index in [0.29, 0.717) is 0 Å². The van der Waals surface area contributed by atoms with Gasteiger partial charge in [0.05, 0.1) is 12.0 Å². The maximum atomic E-state index is 13.3. The molecule has 0 radical (unpaired) electrons. The summed E-state index contributed by atoms with van der Waals surface area (Å²) in [6.07, 6.45) is 4.95. The molecule has 23 heavy (non-hydrogen) atoms. The average molecular weight is 315 g/mol. The van der Waals surface area contributed by atoms with Gasteiger partial charge in [-0.15, -0.1) is 0 Å². The number of carbonyl (C=O) groups is 1. The SMILES string of the molecule is CC(C)C(C(=O)N1CCCC1C1CCCC1O)c1ccccc1. The summed E-state index contributed by atoms with van der Waals surface area (Å²) in [5.41, 5.74) is 1.12. The Bertz CT molecular complexity index is 528. The van der Waals surface area contributed by atoms with Gasteiger partial charge in [0.1, 0.15) is 0 Å². The van der Waals surface area contributed by atoms with Crippen LogP contribution in [-0.4, -0.2) is 34.6 Å². The van der Waals surface area contributed by atoms with Crippen molar-refractivity contribution in [1.82, 2.24) is 4.90 Å². The molecule has 1 heterocycles. The van der Waals surface area contributed by atoms with Crippen molar-refractivity contribution in [2.45, 2.75) is 64.0 Å². The van der Waals surface area contributed by atoms with E-state index in [1.54, 1.807) is 0 Å². The zero-order valence-corrected chi connectivity index (χ0v) is 14.3. The minimum Gasteiger partial charge on any atom is -0.393 e. The van der Waals surface area contributed by atoms with Crippen molar-refractivity contribution in [2.24, 2.45) is 11.8 Å². The van der Waals surface area contributed by atoms with E-state index in [9.17, 15) is 9.90 Å². The predicted molar refractivity (Wildman–Crippen MR) is 92.1 cm³/mol. The highest BCUT2D eigenvalue weighted by Crippen LogP contribution is 2.38. The van der Waals surface area contributed by atoms with Crippen molar-refractivity contribution >= 4 is 5.91 Å². The Kier molecular flexibility index (Phi) is 5.05. The van der Waals surface area contributed by atoms with Gasteiger partial charge in [-0.1, -0.05) is 50.6 Å². The van der Waals surface area contributed by atoms with E-state index in [2.05, 4.69) is 30.9 Å². The van der Waals surface area contributed by atoms with Crippen molar-refractivity contribution < 1.29 is 9.90 Å². The lowest BCUT2D eigenvalue weighted by Crippen LogP contribution is -2.45. The highest BCUT2D eigenvalue weighted by atomic mass is 16.3. The Morgan fingerprint density at radius 2 is 1.87 bits per heavy atom. The van der Waals surface area contributed by atoms with Crippen LogP contribution >= 0.6 is 0 Å². The van der Waals surface area contributed by atoms with E-state index >= 15 is 0 Å². The average Bonchev–Trinajstić information content (AvgIpc) is 3.16. The van der Waals surface area contributed by atoms with Gasteiger partial charge in [-0.3, -0.25) is 4.79 Å². The molecule has 4 unspecified atom stereocenters. The van der Waals surface area contributed by atoms with Crippen molar-refractivity contribution in [3.05, 3.63) is 35.9 Å². The van der Waals surface area contributed by atoms with Gasteiger partial charge < -0.3 is 10.0 Å². The van der Waals surface area contributed by atoms with Crippen LogP contribution in [0.2, 0.25) is 0 Å². The van der Waals surface area contributed by atoms with Gasteiger partial charge >= 0.3 is 0 Å². The number of benzene rings is 1. The fourth-order valence-corrected chi connectivity index (χ4v) is 4.58. The molecular weight excluding hydrogens is 286 g/mol. The molecule has 126 valence electrons. The summed E-state index contributed by atoms with van der Waals surface area (Å²) >= 11 is 0. The second-order valence-electron chi connectivity index (χ2n) is 7.54. The van der Waals surface area contributed by atoms with Crippen molar-refractivity contribution in [3.63, 3.8) is 0 Å². The molecule has 1 amide bonds. The summed E-state index contributed by atoms with van der Waals surface area (Å²) < 4.78 is 0. The van der Waals surface area contributed by atoms with Crippen molar-refractivity contribution in [2.75, 3.05) is 6.54 Å². The first kappa shape index (κ1) is 16.5. The Morgan fingerprint density at radius 1 is 1.13 bits per heavy atom. The molecule has 0 spiro atoms. The number of hydrogen-bond donors (Lipinski definition) is 1. The number of likely N-dealkylation sites (tertiary alicyclic amines) is 1. The zero-order chi connectivity index (χ0) is 16.4. The lowest BCUT2D eigenvalue weighted by molar-refractivity contribution is -0.136. The van der Waals surface area contributed by atoms with Crippen LogP contribution in [0.4, 0.5) is 0 Å². The molecule has 0 bridgehead atoms. The summed E-state index contributed by atoms with van der Waals surface area (Å²) in [5.74, 6) is 0.743. The van der Waals surface area contributed by atoms with Crippen LogP contribution in [0.5, 0.6) is 0 Å². The van der Waals surface area contributed by atoms with E-state index in [1.807, 2.05) is 18.2 Å². The molecule has 1 aliphatic carbocycles. The first-order valence-corrected chi connectivity index (χ1v) is 9.13. The number of aliphatic hydroxyl groups is 1. The highest BCUT2D eigenvalue weighted by molar-refractivity contribution is 5.84. The number of amides is 1. The van der Waals surface area contributed by atoms with Crippen LogP contribution in [0, 0.1) is 11.8 Å². The normalized spacial score (nSPS) is 29.2. The van der Waals surface area contributed by atoms with Gasteiger partial charge in [-0.25, -0.2) is 0 Å². The summed E-state index contributed by atoms with van der Waals surface area (Å²) in [4.78, 5) is 15.4. The Morgan fingerprint density at radius 3 is 2.48 bits per heavy atom. The van der Waals surface area contributed by atoms with Gasteiger partial charge in [0.25, 0.3) is 0 Å². The first-order valence-electron chi connectivity index (χ1n) is 9.13. The monoisotopic (exact) mass is 315 g/mol. The molecule has 1 aliphatic heterocycles. The van der Waals surface area contributed by atoms with Crippen LogP contribution in [0.1, 0.15) is 57.4 Å². The van der Waals surface area contributed by atoms with Crippen molar-refractivity contribution in [1.29, 1.82) is 0 Å². The third kappa shape index (κ3) is 3.30. The number of hydrogen-bond acceptors (Lipinski definition) is 2. The smallest absolute Gasteiger partial charge is 0.230 e. The second-order valence-corrected chi connectivity index (χ2v) is 7.54. The molecule has 3 nitrogen and oxygen atoms in total. The molecule has 0 aromatic heterocycles. The molecule has 3 heteroatoms. The lowest BCUT2D eigenvalue weighted by Gasteiger charge is -2.35. The van der Waals surface area contributed by atoms with E-state index < -0.39 is 0 Å². The minimum absolute atomic E-state index is 0.0738. The number of carbonyl (C=O) groups excluding carboxylic acids is 1. The maximum absolute atomic E-state index is 13.3. The third-order valence-electron chi connectivity index (χ3n) is 5.70. The molecule has 1 N–H and O–H groups in total. The Balaban J connectivity index is 1.82. The second kappa shape index (κ2) is 7.04. The van der Waals surface area contributed by atoms with Crippen LogP contribution in [0.15, 0.2) is 30.3 Å². The molecule has 1 aromatic carbocycles. The standard InChI is InChI=1S/C20H29NO2/c1-14(2)19(15-8-4-3-5-9-15)20(23)21-13-7-11-17(21)16-10-6-12-18(16)22/h3-5,8-9,14,16-19,22H,6-7,10-13H2,1-2H3. The van der Waals surface area contributed by atoms with Crippen LogP contribution in [0.3, 0.4) is 0 Å². The van der Waals surface area contributed by atoms with Crippen molar-refractivity contribution in [3.8, 4) is 0 Å². The lowest BCUT2D eigenvalue weighted by atomic mass is 9.86. The summed E-state index contributed by atoms with van der Waals surface area (Å²) in [6, 6.07) is 10.4. The quantitative estimate of drug-likeness (QED) is 0.922. The van der Waals surface area contributed by atoms with Gasteiger partial charge in [-0.05, 0) is 37.2 Å². The highest BCUT2D eigenvalue weighted by Gasteiger charge is 2.42. The summed E-state index contributed by atoms with van der Waals surface area (Å²) in [7, 11) is 0. The number of aliphatic hydroxyl groups excluding tert-OH is 1. The molecule has 1 aromatic rings. The molecule has 1 saturated heterocycles. The zero-order valence-electron chi connectivity index (χ0n) is 14.3. The van der Waals surface area contributed by atoms with E-state index in [4.69, 9.17) is 0 Å². The van der Waals surface area contributed by atoms with Gasteiger partial charge in [0.2, 0.25) is 5.91 Å². The molecule has 3 rings (SSSR count).